The van der Waals surface area contributed by atoms with Gasteiger partial charge in [0, 0.05) is 5.02 Å². The van der Waals surface area contributed by atoms with Crippen LogP contribution in [0.4, 0.5) is 0 Å². The van der Waals surface area contributed by atoms with Crippen molar-refractivity contribution in [1.82, 2.24) is 0 Å². The number of hydrogen-bond acceptors (Lipinski definition) is 1. The minimum Gasteiger partial charge on any atom is -0.486 e. The van der Waals surface area contributed by atoms with Crippen molar-refractivity contribution in [2.45, 2.75) is 26.4 Å². The summed E-state index contributed by atoms with van der Waals surface area (Å²) in [5, 5.41) is 0.721. The van der Waals surface area contributed by atoms with Gasteiger partial charge in [-0.1, -0.05) is 11.6 Å². The molecule has 0 heterocycles. The molecule has 0 amide bonds. The minimum absolute atomic E-state index is 0.347. The lowest BCUT2D eigenvalue weighted by molar-refractivity contribution is 0.133. The maximum absolute atomic E-state index is 5.84. The predicted octanol–water partition coefficient (Wildman–Crippen LogP) is 4.04. The van der Waals surface area contributed by atoms with Crippen LogP contribution >= 0.6 is 23.2 Å². The van der Waals surface area contributed by atoms with Crippen LogP contribution in [0, 0.1) is 6.92 Å². The Balaban J connectivity index is 2.87. The van der Waals surface area contributed by atoms with Gasteiger partial charge in [0.15, 0.2) is 0 Å². The van der Waals surface area contributed by atoms with E-state index in [9.17, 15) is 0 Å². The average molecular weight is 233 g/mol. The Hall–Kier alpha value is -0.400. The second-order valence-electron chi connectivity index (χ2n) is 3.91. The van der Waals surface area contributed by atoms with Gasteiger partial charge in [0.2, 0.25) is 0 Å². The number of hydrogen-bond donors (Lipinski definition) is 0. The lowest BCUT2D eigenvalue weighted by Crippen LogP contribution is -2.30. The number of ether oxygens (including phenoxy) is 1. The minimum atomic E-state index is -0.347. The maximum atomic E-state index is 5.84. The van der Waals surface area contributed by atoms with Gasteiger partial charge in [-0.3, -0.25) is 0 Å². The van der Waals surface area contributed by atoms with E-state index < -0.39 is 0 Å². The van der Waals surface area contributed by atoms with E-state index in [0.717, 1.165) is 16.3 Å². The molecule has 3 heteroatoms. The third-order valence-corrected chi connectivity index (χ3v) is 2.72. The highest BCUT2D eigenvalue weighted by Crippen LogP contribution is 2.25. The first-order valence-electron chi connectivity index (χ1n) is 4.46. The van der Waals surface area contributed by atoms with Crippen molar-refractivity contribution < 1.29 is 4.74 Å². The fourth-order valence-corrected chi connectivity index (χ4v) is 1.33. The molecule has 0 saturated heterocycles. The zero-order chi connectivity index (χ0) is 10.8. The maximum Gasteiger partial charge on any atom is 0.123 e. The Kier molecular flexibility index (Phi) is 3.68. The molecule has 0 spiro atoms. The summed E-state index contributed by atoms with van der Waals surface area (Å²) in [5.74, 6) is 1.29. The topological polar surface area (TPSA) is 9.23 Å². The molecule has 0 aliphatic carbocycles. The summed E-state index contributed by atoms with van der Waals surface area (Å²) in [6, 6.07) is 5.56. The predicted molar refractivity (Wildman–Crippen MR) is 61.6 cm³/mol. The van der Waals surface area contributed by atoms with Crippen LogP contribution in [0.3, 0.4) is 0 Å². The number of rotatable bonds is 3. The lowest BCUT2D eigenvalue weighted by atomic mass is 10.1. The highest BCUT2D eigenvalue weighted by Gasteiger charge is 2.18. The summed E-state index contributed by atoms with van der Waals surface area (Å²) in [4.78, 5) is 0. The van der Waals surface area contributed by atoms with Gasteiger partial charge in [-0.25, -0.2) is 0 Å². The van der Waals surface area contributed by atoms with E-state index in [-0.39, 0.29) is 5.60 Å². The highest BCUT2D eigenvalue weighted by atomic mass is 35.5. The second kappa shape index (κ2) is 4.41. The van der Waals surface area contributed by atoms with Gasteiger partial charge in [-0.15, -0.1) is 11.6 Å². The van der Waals surface area contributed by atoms with Gasteiger partial charge in [-0.2, -0.15) is 0 Å². The van der Waals surface area contributed by atoms with Gasteiger partial charge in [0.05, 0.1) is 5.88 Å². The molecule has 0 saturated carbocycles. The van der Waals surface area contributed by atoms with Crippen LogP contribution in [0.15, 0.2) is 18.2 Å². The molecule has 14 heavy (non-hydrogen) atoms. The number of alkyl halides is 1. The number of aryl methyl sites for hydroxylation is 1. The zero-order valence-corrected chi connectivity index (χ0v) is 10.1. The van der Waals surface area contributed by atoms with Crippen molar-refractivity contribution in [3.63, 3.8) is 0 Å². The number of halogens is 2. The normalized spacial score (nSPS) is 11.5. The van der Waals surface area contributed by atoms with Crippen molar-refractivity contribution in [1.29, 1.82) is 0 Å². The number of benzene rings is 1. The Bertz CT molecular complexity index is 321. The molecular formula is C11H14Cl2O. The zero-order valence-electron chi connectivity index (χ0n) is 8.60. The van der Waals surface area contributed by atoms with Gasteiger partial charge < -0.3 is 4.74 Å². The molecule has 0 radical (unpaired) electrons. The van der Waals surface area contributed by atoms with Crippen molar-refractivity contribution in [2.24, 2.45) is 0 Å². The third kappa shape index (κ3) is 3.07. The second-order valence-corrected chi connectivity index (χ2v) is 4.61. The van der Waals surface area contributed by atoms with Crippen molar-refractivity contribution in [3.8, 4) is 5.75 Å². The van der Waals surface area contributed by atoms with Crippen LogP contribution in [0.1, 0.15) is 19.4 Å². The summed E-state index contributed by atoms with van der Waals surface area (Å²) in [6.45, 7) is 5.87. The van der Waals surface area contributed by atoms with Gasteiger partial charge in [-0.05, 0) is 44.5 Å². The first-order chi connectivity index (χ1) is 6.44. The molecule has 1 aromatic rings. The summed E-state index contributed by atoms with van der Waals surface area (Å²) in [5.41, 5.74) is 0.677. The van der Waals surface area contributed by atoms with Crippen LogP contribution in [0.5, 0.6) is 5.75 Å². The van der Waals surface area contributed by atoms with Crippen molar-refractivity contribution in [3.05, 3.63) is 28.8 Å². The lowest BCUT2D eigenvalue weighted by Gasteiger charge is -2.24. The molecule has 0 fully saturated rings. The molecule has 0 aliphatic rings. The van der Waals surface area contributed by atoms with Crippen LogP contribution in [-0.2, 0) is 0 Å². The summed E-state index contributed by atoms with van der Waals surface area (Å²) in [6.07, 6.45) is 0. The van der Waals surface area contributed by atoms with Crippen molar-refractivity contribution >= 4 is 23.2 Å². The SMILES string of the molecule is Cc1cc(Cl)ccc1OC(C)(C)CCl. The largest absolute Gasteiger partial charge is 0.486 e. The van der Waals surface area contributed by atoms with E-state index in [0.29, 0.717) is 5.88 Å². The smallest absolute Gasteiger partial charge is 0.123 e. The van der Waals surface area contributed by atoms with Crippen LogP contribution < -0.4 is 4.74 Å². The van der Waals surface area contributed by atoms with E-state index in [1.807, 2.05) is 39.0 Å². The Morgan fingerprint density at radius 1 is 1.36 bits per heavy atom. The molecule has 0 aromatic heterocycles. The fourth-order valence-electron chi connectivity index (χ4n) is 1.05. The van der Waals surface area contributed by atoms with E-state index in [2.05, 4.69) is 0 Å². The quantitative estimate of drug-likeness (QED) is 0.715. The Morgan fingerprint density at radius 2 is 2.00 bits per heavy atom. The summed E-state index contributed by atoms with van der Waals surface area (Å²) < 4.78 is 5.75. The summed E-state index contributed by atoms with van der Waals surface area (Å²) in [7, 11) is 0. The average Bonchev–Trinajstić information content (AvgIpc) is 2.10. The van der Waals surface area contributed by atoms with Crippen LogP contribution in [0.2, 0.25) is 5.02 Å². The van der Waals surface area contributed by atoms with Crippen molar-refractivity contribution in [2.75, 3.05) is 5.88 Å². The van der Waals surface area contributed by atoms with E-state index in [1.54, 1.807) is 0 Å². The van der Waals surface area contributed by atoms with E-state index >= 15 is 0 Å². The highest BCUT2D eigenvalue weighted by molar-refractivity contribution is 6.30. The molecular weight excluding hydrogens is 219 g/mol. The molecule has 1 rings (SSSR count). The molecule has 1 nitrogen and oxygen atoms in total. The molecule has 0 bridgehead atoms. The van der Waals surface area contributed by atoms with Gasteiger partial charge in [0.1, 0.15) is 11.4 Å². The van der Waals surface area contributed by atoms with Crippen LogP contribution in [-0.4, -0.2) is 11.5 Å². The molecule has 0 atom stereocenters. The Labute approximate surface area is 95.0 Å². The first-order valence-corrected chi connectivity index (χ1v) is 5.37. The standard InChI is InChI=1S/C11H14Cl2O/c1-8-6-9(13)4-5-10(8)14-11(2,3)7-12/h4-6H,7H2,1-3H3. The Morgan fingerprint density at radius 3 is 2.50 bits per heavy atom. The third-order valence-electron chi connectivity index (χ3n) is 1.85. The van der Waals surface area contributed by atoms with Crippen LogP contribution in [0.25, 0.3) is 0 Å². The van der Waals surface area contributed by atoms with Gasteiger partial charge in [0.25, 0.3) is 0 Å². The van der Waals surface area contributed by atoms with E-state index in [4.69, 9.17) is 27.9 Å². The molecule has 0 unspecified atom stereocenters. The summed E-state index contributed by atoms with van der Waals surface area (Å²) >= 11 is 11.6. The first kappa shape index (κ1) is 11.7. The molecule has 0 N–H and O–H groups in total. The van der Waals surface area contributed by atoms with E-state index in [1.165, 1.54) is 0 Å². The monoisotopic (exact) mass is 232 g/mol. The molecule has 1 aromatic carbocycles. The molecule has 0 aliphatic heterocycles. The van der Waals surface area contributed by atoms with Gasteiger partial charge >= 0.3 is 0 Å². The molecule has 78 valence electrons. The fraction of sp³-hybridized carbons (Fsp3) is 0.455.